The molecule has 3 aromatic carbocycles. The van der Waals surface area contributed by atoms with E-state index in [2.05, 4.69) is 102 Å². The second-order valence-electron chi connectivity index (χ2n) is 21.6. The van der Waals surface area contributed by atoms with Crippen LogP contribution in [0.5, 0.6) is 0 Å². The Kier molecular flexibility index (Phi) is 23.6. The predicted molar refractivity (Wildman–Crippen MR) is 386 cm³/mol. The van der Waals surface area contributed by atoms with E-state index in [1.54, 1.807) is 60.0 Å². The standard InChI is InChI=1S/C10H10O2S.C10H10O.C10H10S.C8H8O2S2.C8H8O2.C8H8S2.C6H8O2S.C6H8O.C6H8S/c1-7-9-5-3-4-6-10(9)8(2)13(7,11)12;2*1-7-9-5-3-4-6-10(9)8(2)11-7;1-5-7-3-4-11-8(7)6(2)12(5,9)10;2*1-5-7-3-4-9-8(7)6(2)10-5;1-5-3-4-6(2)9(5,7)8;2*1-5-3-4-6(2)7-5/h3-6H,1-2H3;2*3-6H,1-2H3;3-4H,1-2H3;2*3-4H,1-2H3;3-4H,1-2H3;2*3-4H,1-2H3. The van der Waals surface area contributed by atoms with E-state index in [9.17, 15) is 25.3 Å². The van der Waals surface area contributed by atoms with Gasteiger partial charge < -0.3 is 17.7 Å². The average molecular weight is 1360 g/mol. The third-order valence-corrected chi connectivity index (χ3v) is 26.5. The Morgan fingerprint density at radius 1 is 0.333 bits per heavy atom. The molecule has 9 aromatic heterocycles. The minimum atomic E-state index is -3.13. The minimum Gasteiger partial charge on any atom is -0.467 e. The van der Waals surface area contributed by atoms with Crippen molar-refractivity contribution in [2.24, 2.45) is 0 Å². The van der Waals surface area contributed by atoms with E-state index in [4.69, 9.17) is 17.7 Å². The molecule has 3 aliphatic rings. The first-order valence-corrected chi connectivity index (χ1v) is 37.5. The first-order chi connectivity index (χ1) is 42.4. The van der Waals surface area contributed by atoms with Crippen molar-refractivity contribution in [2.45, 2.75) is 125 Å². The van der Waals surface area contributed by atoms with Crippen LogP contribution in [0.3, 0.4) is 0 Å². The summed E-state index contributed by atoms with van der Waals surface area (Å²) >= 11 is 8.96. The molecular weight excluding hydrogens is 1280 g/mol. The van der Waals surface area contributed by atoms with Gasteiger partial charge in [0.15, 0.2) is 35.1 Å². The second-order valence-corrected chi connectivity index (χ2v) is 34.5. The van der Waals surface area contributed by atoms with Crippen LogP contribution >= 0.6 is 56.7 Å². The summed E-state index contributed by atoms with van der Waals surface area (Å²) in [6.45, 7) is 34.5. The normalized spacial score (nSPS) is 14.2. The molecule has 0 N–H and O–H groups in total. The molecule has 0 radical (unpaired) electrons. The van der Waals surface area contributed by atoms with Crippen LogP contribution in [-0.4, -0.2) is 25.3 Å². The largest absolute Gasteiger partial charge is 0.467 e. The summed E-state index contributed by atoms with van der Waals surface area (Å²) in [6.07, 6.45) is 4.91. The first kappa shape index (κ1) is 70.6. The molecule has 15 rings (SSSR count). The molecule has 90 heavy (non-hydrogen) atoms. The lowest BCUT2D eigenvalue weighted by Crippen LogP contribution is -2.22. The number of aryl methyl sites for hydroxylation is 12. The van der Waals surface area contributed by atoms with Crippen molar-refractivity contribution in [1.82, 2.24) is 0 Å². The van der Waals surface area contributed by atoms with Gasteiger partial charge in [0, 0.05) is 69.7 Å². The molecule has 12 heterocycles. The van der Waals surface area contributed by atoms with Crippen molar-refractivity contribution in [3.05, 3.63) is 238 Å². The smallest absolute Gasteiger partial charge is 0.200 e. The Morgan fingerprint density at radius 2 is 0.756 bits per heavy atom. The second kappa shape index (κ2) is 30.0. The van der Waals surface area contributed by atoms with E-state index < -0.39 is 29.5 Å². The van der Waals surface area contributed by atoms with Gasteiger partial charge in [-0.05, 0) is 211 Å². The van der Waals surface area contributed by atoms with Crippen LogP contribution in [0.25, 0.3) is 62.2 Å². The van der Waals surface area contributed by atoms with Crippen molar-refractivity contribution in [3.8, 4) is 0 Å². The van der Waals surface area contributed by atoms with Gasteiger partial charge in [-0.25, -0.2) is 25.3 Å². The van der Waals surface area contributed by atoms with Gasteiger partial charge in [0.1, 0.15) is 34.6 Å². The van der Waals surface area contributed by atoms with Gasteiger partial charge >= 0.3 is 0 Å². The lowest BCUT2D eigenvalue weighted by Gasteiger charge is -1.95. The van der Waals surface area contributed by atoms with Gasteiger partial charge in [-0.3, -0.25) is 0 Å². The molecule has 12 aromatic rings. The molecular formula is C72H78O10S8. The third kappa shape index (κ3) is 16.2. The van der Waals surface area contributed by atoms with Crippen LogP contribution in [0.2, 0.25) is 0 Å². The summed E-state index contributed by atoms with van der Waals surface area (Å²) in [5.74, 6) is 5.78. The molecule has 10 nitrogen and oxygen atoms in total. The van der Waals surface area contributed by atoms with E-state index in [0.29, 0.717) is 29.4 Å². The van der Waals surface area contributed by atoms with Crippen LogP contribution < -0.4 is 20.2 Å². The van der Waals surface area contributed by atoms with E-state index in [1.165, 1.54) is 72.2 Å². The Bertz CT molecular complexity index is 4750. The molecule has 0 aliphatic carbocycles. The number of hydrogen-bond donors (Lipinski definition) is 0. The van der Waals surface area contributed by atoms with E-state index >= 15 is 0 Å². The maximum atomic E-state index is 11.7. The molecule has 0 fully saturated rings. The highest BCUT2D eigenvalue weighted by molar-refractivity contribution is 8.08. The molecule has 0 unspecified atom stereocenters. The van der Waals surface area contributed by atoms with Gasteiger partial charge in [0.2, 0.25) is 0 Å². The first-order valence-electron chi connectivity index (χ1n) is 28.8. The fraction of sp³-hybridized carbons (Fsp3) is 0.250. The predicted octanol–water partition coefficient (Wildman–Crippen LogP) is 19.1. The van der Waals surface area contributed by atoms with Crippen LogP contribution in [-0.2, 0) is 29.5 Å². The quantitative estimate of drug-likeness (QED) is 0.143. The zero-order chi connectivity index (χ0) is 66.2. The van der Waals surface area contributed by atoms with Crippen molar-refractivity contribution >= 4 is 148 Å². The molecule has 0 amide bonds. The SMILES string of the molecule is CC1=CC=C(C)S1(=O)=O.CC1=c2ccccc2=C(C)S1(=O)=O.CC1=c2ccsc2=C(C)S1(=O)=O.Cc1ccc(C)o1.Cc1ccc(C)s1.Cc1oc(C)c2ccccc12.Cc1oc(C)c2occc12.Cc1sc(C)c2ccccc12.Cc1sc(C)c2sccc12. The molecule has 0 bridgehead atoms. The van der Waals surface area contributed by atoms with Crippen molar-refractivity contribution in [3.63, 3.8) is 0 Å². The number of benzene rings is 3. The number of furan rings is 4. The van der Waals surface area contributed by atoms with Crippen molar-refractivity contribution in [2.75, 3.05) is 0 Å². The third-order valence-electron chi connectivity index (χ3n) is 15.1. The summed E-state index contributed by atoms with van der Waals surface area (Å²) < 4.78 is 91.8. The lowest BCUT2D eigenvalue weighted by molar-refractivity contribution is 0.495. The van der Waals surface area contributed by atoms with Crippen LogP contribution in [0.4, 0.5) is 0 Å². The zero-order valence-corrected chi connectivity index (χ0v) is 60.7. The maximum Gasteiger partial charge on any atom is 0.200 e. The van der Waals surface area contributed by atoms with Crippen LogP contribution in [0.1, 0.15) is 105 Å². The summed E-state index contributed by atoms with van der Waals surface area (Å²) in [4.78, 5) is 11.4. The number of thiophene rings is 5. The van der Waals surface area contributed by atoms with Gasteiger partial charge in [0.05, 0.1) is 31.3 Å². The molecule has 3 aliphatic heterocycles. The van der Waals surface area contributed by atoms with E-state index in [-0.39, 0.29) is 0 Å². The topological polar surface area (TPSA) is 155 Å². The molecule has 0 saturated carbocycles. The van der Waals surface area contributed by atoms with Crippen molar-refractivity contribution < 1.29 is 42.9 Å². The number of sulfone groups is 3. The minimum absolute atomic E-state index is 0.444. The van der Waals surface area contributed by atoms with Gasteiger partial charge in [-0.2, -0.15) is 0 Å². The molecule has 18 heteroatoms. The number of allylic oxidation sites excluding steroid dienone is 4. The summed E-state index contributed by atoms with van der Waals surface area (Å²) in [5, 5.41) is 14.5. The highest BCUT2D eigenvalue weighted by Gasteiger charge is 2.25. The fourth-order valence-electron chi connectivity index (χ4n) is 10.0. The Morgan fingerprint density at radius 3 is 1.18 bits per heavy atom. The van der Waals surface area contributed by atoms with E-state index in [0.717, 1.165) is 65.7 Å². The molecule has 0 atom stereocenters. The van der Waals surface area contributed by atoms with Gasteiger partial charge in [-0.15, -0.1) is 56.7 Å². The highest BCUT2D eigenvalue weighted by Crippen LogP contribution is 2.34. The van der Waals surface area contributed by atoms with Crippen LogP contribution in [0, 0.1) is 83.1 Å². The van der Waals surface area contributed by atoms with Gasteiger partial charge in [0.25, 0.3) is 0 Å². The lowest BCUT2D eigenvalue weighted by atomic mass is 10.1. The maximum absolute atomic E-state index is 11.7. The van der Waals surface area contributed by atoms with Crippen LogP contribution in [0.15, 0.2) is 172 Å². The highest BCUT2D eigenvalue weighted by atomic mass is 32.2. The fourth-order valence-corrected chi connectivity index (χ4v) is 19.0. The summed E-state index contributed by atoms with van der Waals surface area (Å²) in [7, 11) is -9.19. The van der Waals surface area contributed by atoms with Gasteiger partial charge in [-0.1, -0.05) is 72.8 Å². The molecule has 474 valence electrons. The average Bonchev–Trinajstić information content (AvgIpc) is 1.73. The zero-order valence-electron chi connectivity index (χ0n) is 54.2. The Labute approximate surface area is 549 Å². The van der Waals surface area contributed by atoms with Crippen molar-refractivity contribution in [1.29, 1.82) is 0 Å². The monoisotopic (exact) mass is 1360 g/mol. The Hall–Kier alpha value is -6.87. The molecule has 0 saturated heterocycles. The number of hydrogen-bond acceptors (Lipinski definition) is 15. The number of fused-ring (bicyclic) bond motifs is 6. The Balaban J connectivity index is 0.000000145. The van der Waals surface area contributed by atoms with E-state index in [1.807, 2.05) is 153 Å². The summed E-state index contributed by atoms with van der Waals surface area (Å²) in [6, 6.07) is 38.4. The summed E-state index contributed by atoms with van der Waals surface area (Å²) in [5.41, 5.74) is 0.873. The number of rotatable bonds is 0. The molecule has 0 spiro atoms.